The molecule has 1 saturated carbocycles. The number of hydrogen-bond acceptors (Lipinski definition) is 3. The van der Waals surface area contributed by atoms with Crippen molar-refractivity contribution < 1.29 is 14.3 Å². The third-order valence-corrected chi connectivity index (χ3v) is 4.89. The van der Waals surface area contributed by atoms with Gasteiger partial charge in [-0.05, 0) is 49.9 Å². The fourth-order valence-electron chi connectivity index (χ4n) is 3.14. The molecule has 0 atom stereocenters. The summed E-state index contributed by atoms with van der Waals surface area (Å²) in [5.41, 5.74) is 0.685. The maximum absolute atomic E-state index is 12.7. The first-order valence-electron chi connectivity index (χ1n) is 9.50. The van der Waals surface area contributed by atoms with Gasteiger partial charge < -0.3 is 14.5 Å². The van der Waals surface area contributed by atoms with Crippen molar-refractivity contribution in [1.82, 2.24) is 9.80 Å². The Balaban J connectivity index is 1.54. The van der Waals surface area contributed by atoms with Gasteiger partial charge in [-0.25, -0.2) is 0 Å². The molecule has 25 heavy (non-hydrogen) atoms. The van der Waals surface area contributed by atoms with E-state index in [9.17, 15) is 9.59 Å². The van der Waals surface area contributed by atoms with E-state index in [4.69, 9.17) is 4.74 Å². The van der Waals surface area contributed by atoms with Crippen LogP contribution in [0.2, 0.25) is 0 Å². The van der Waals surface area contributed by atoms with E-state index in [1.54, 1.807) is 0 Å². The van der Waals surface area contributed by atoms with Crippen molar-refractivity contribution in [2.45, 2.75) is 39.0 Å². The molecule has 2 amide bonds. The molecule has 0 spiro atoms. The number of rotatable bonds is 6. The Morgan fingerprint density at radius 1 is 1.04 bits per heavy atom. The van der Waals surface area contributed by atoms with Crippen LogP contribution in [0.4, 0.5) is 0 Å². The predicted octanol–water partition coefficient (Wildman–Crippen LogP) is 2.95. The predicted molar refractivity (Wildman–Crippen MR) is 96.7 cm³/mol. The van der Waals surface area contributed by atoms with Crippen molar-refractivity contribution in [3.05, 3.63) is 29.8 Å². The van der Waals surface area contributed by atoms with Gasteiger partial charge >= 0.3 is 0 Å². The Morgan fingerprint density at radius 3 is 2.40 bits per heavy atom. The molecule has 5 heteroatoms. The van der Waals surface area contributed by atoms with Gasteiger partial charge in [0.1, 0.15) is 5.75 Å². The summed E-state index contributed by atoms with van der Waals surface area (Å²) >= 11 is 0. The van der Waals surface area contributed by atoms with E-state index in [-0.39, 0.29) is 17.7 Å². The fraction of sp³-hybridized carbons (Fsp3) is 0.600. The zero-order valence-corrected chi connectivity index (χ0v) is 15.1. The van der Waals surface area contributed by atoms with Crippen LogP contribution in [0.3, 0.4) is 0 Å². The first kappa shape index (κ1) is 17.8. The third-order valence-electron chi connectivity index (χ3n) is 4.89. The van der Waals surface area contributed by atoms with Crippen molar-refractivity contribution in [3.63, 3.8) is 0 Å². The molecule has 0 unspecified atom stereocenters. The van der Waals surface area contributed by atoms with Crippen LogP contribution in [0.15, 0.2) is 24.3 Å². The van der Waals surface area contributed by atoms with Crippen LogP contribution >= 0.6 is 0 Å². The topological polar surface area (TPSA) is 49.9 Å². The molecule has 1 aliphatic heterocycles. The highest BCUT2D eigenvalue weighted by atomic mass is 16.5. The Kier molecular flexibility index (Phi) is 5.95. The van der Waals surface area contributed by atoms with E-state index in [1.807, 2.05) is 34.1 Å². The Bertz CT molecular complexity index is 595. The van der Waals surface area contributed by atoms with E-state index in [1.165, 1.54) is 0 Å². The second-order valence-electron chi connectivity index (χ2n) is 6.97. The maximum Gasteiger partial charge on any atom is 0.253 e. The number of ether oxygens (including phenoxy) is 1. The number of carbonyl (C=O) groups excluding carboxylic acids is 2. The molecule has 2 aliphatic rings. The van der Waals surface area contributed by atoms with Gasteiger partial charge in [0, 0.05) is 37.7 Å². The number of nitrogens with zero attached hydrogens (tertiary/aromatic N) is 2. The largest absolute Gasteiger partial charge is 0.494 e. The lowest BCUT2D eigenvalue weighted by molar-refractivity contribution is -0.132. The molecule has 1 aliphatic carbocycles. The Hall–Kier alpha value is -2.04. The maximum atomic E-state index is 12.7. The van der Waals surface area contributed by atoms with Crippen LogP contribution in [-0.4, -0.2) is 54.4 Å². The summed E-state index contributed by atoms with van der Waals surface area (Å²) in [4.78, 5) is 28.8. The van der Waals surface area contributed by atoms with Crippen molar-refractivity contribution in [1.29, 1.82) is 0 Å². The highest BCUT2D eigenvalue weighted by Gasteiger charge is 2.34. The van der Waals surface area contributed by atoms with Crippen LogP contribution in [0.5, 0.6) is 5.75 Å². The first-order valence-corrected chi connectivity index (χ1v) is 9.50. The molecular formula is C20H28N2O3. The molecule has 3 rings (SSSR count). The molecular weight excluding hydrogens is 316 g/mol. The molecule has 0 bridgehead atoms. The normalized spacial score (nSPS) is 18.0. The van der Waals surface area contributed by atoms with E-state index < -0.39 is 0 Å². The van der Waals surface area contributed by atoms with Gasteiger partial charge in [0.2, 0.25) is 5.91 Å². The molecule has 1 heterocycles. The van der Waals surface area contributed by atoms with Gasteiger partial charge in [0.15, 0.2) is 0 Å². The average Bonchev–Trinajstić information content (AvgIpc) is 3.48. The van der Waals surface area contributed by atoms with Crippen molar-refractivity contribution in [2.24, 2.45) is 5.92 Å². The molecule has 0 aromatic heterocycles. The number of carbonyl (C=O) groups is 2. The highest BCUT2D eigenvalue weighted by molar-refractivity contribution is 5.94. The Morgan fingerprint density at radius 2 is 1.72 bits per heavy atom. The summed E-state index contributed by atoms with van der Waals surface area (Å²) in [7, 11) is 0. The quantitative estimate of drug-likeness (QED) is 0.746. The Labute approximate surface area is 149 Å². The van der Waals surface area contributed by atoms with Gasteiger partial charge in [-0.15, -0.1) is 0 Å². The van der Waals surface area contributed by atoms with Gasteiger partial charge in [-0.3, -0.25) is 9.59 Å². The minimum atomic E-state index is 0.0424. The van der Waals surface area contributed by atoms with Crippen LogP contribution < -0.4 is 4.74 Å². The zero-order chi connectivity index (χ0) is 17.6. The number of benzene rings is 1. The minimum Gasteiger partial charge on any atom is -0.494 e. The van der Waals surface area contributed by atoms with E-state index >= 15 is 0 Å². The lowest BCUT2D eigenvalue weighted by Crippen LogP contribution is -2.37. The number of amides is 2. The molecule has 1 aromatic rings. The lowest BCUT2D eigenvalue weighted by Gasteiger charge is -2.22. The smallest absolute Gasteiger partial charge is 0.253 e. The summed E-state index contributed by atoms with van der Waals surface area (Å²) in [6, 6.07) is 7.40. The van der Waals surface area contributed by atoms with E-state index in [0.29, 0.717) is 31.8 Å². The summed E-state index contributed by atoms with van der Waals surface area (Å²) in [6.45, 7) is 5.59. The van der Waals surface area contributed by atoms with Crippen LogP contribution in [0.25, 0.3) is 0 Å². The van der Waals surface area contributed by atoms with Gasteiger partial charge in [0.05, 0.1) is 6.61 Å². The number of unbranched alkanes of at least 4 members (excludes halogenated alkanes) is 1. The third kappa shape index (κ3) is 4.74. The zero-order valence-electron chi connectivity index (χ0n) is 15.1. The highest BCUT2D eigenvalue weighted by Crippen LogP contribution is 2.31. The van der Waals surface area contributed by atoms with Crippen molar-refractivity contribution in [3.8, 4) is 5.75 Å². The monoisotopic (exact) mass is 344 g/mol. The second-order valence-corrected chi connectivity index (χ2v) is 6.97. The minimum absolute atomic E-state index is 0.0424. The van der Waals surface area contributed by atoms with Crippen molar-refractivity contribution in [2.75, 3.05) is 32.8 Å². The molecule has 5 nitrogen and oxygen atoms in total. The van der Waals surface area contributed by atoms with Crippen LogP contribution in [0, 0.1) is 5.92 Å². The van der Waals surface area contributed by atoms with Gasteiger partial charge in [0.25, 0.3) is 5.91 Å². The lowest BCUT2D eigenvalue weighted by atomic mass is 10.2. The summed E-state index contributed by atoms with van der Waals surface area (Å²) in [6.07, 6.45) is 5.05. The molecule has 0 radical (unpaired) electrons. The molecule has 1 saturated heterocycles. The second kappa shape index (κ2) is 8.37. The molecule has 1 aromatic carbocycles. The van der Waals surface area contributed by atoms with Crippen LogP contribution in [-0.2, 0) is 4.79 Å². The van der Waals surface area contributed by atoms with Gasteiger partial charge in [-0.1, -0.05) is 13.3 Å². The van der Waals surface area contributed by atoms with E-state index in [0.717, 1.165) is 44.4 Å². The SMILES string of the molecule is CCCCOc1ccc(C(=O)N2CCCN(C(=O)C3CC3)CC2)cc1. The van der Waals surface area contributed by atoms with E-state index in [2.05, 4.69) is 6.92 Å². The number of hydrogen-bond donors (Lipinski definition) is 0. The summed E-state index contributed by atoms with van der Waals surface area (Å²) < 4.78 is 5.65. The average molecular weight is 344 g/mol. The van der Waals surface area contributed by atoms with Crippen molar-refractivity contribution >= 4 is 11.8 Å². The summed E-state index contributed by atoms with van der Waals surface area (Å²) in [5, 5.41) is 0. The summed E-state index contributed by atoms with van der Waals surface area (Å²) in [5.74, 6) is 1.38. The standard InChI is InChI=1S/C20H28N2O3/c1-2-3-15-25-18-9-7-17(8-10-18)20(24)22-12-4-11-21(13-14-22)19(23)16-5-6-16/h7-10,16H,2-6,11-15H2,1H3. The molecule has 2 fully saturated rings. The fourth-order valence-corrected chi connectivity index (χ4v) is 3.14. The molecule has 136 valence electrons. The van der Waals surface area contributed by atoms with Gasteiger partial charge in [-0.2, -0.15) is 0 Å². The van der Waals surface area contributed by atoms with Crippen LogP contribution in [0.1, 0.15) is 49.4 Å². The first-order chi connectivity index (χ1) is 12.2. The molecule has 0 N–H and O–H groups in total.